The van der Waals surface area contributed by atoms with Gasteiger partial charge in [-0.15, -0.1) is 0 Å². The average Bonchev–Trinajstić information content (AvgIpc) is 2.90. The van der Waals surface area contributed by atoms with Gasteiger partial charge in [0.1, 0.15) is 0 Å². The summed E-state index contributed by atoms with van der Waals surface area (Å²) in [7, 11) is 4.50. The number of hydrogen-bond donors (Lipinski definition) is 1. The molecule has 1 aliphatic carbocycles. The predicted octanol–water partition coefficient (Wildman–Crippen LogP) is 3.66. The molecule has 1 saturated carbocycles. The largest absolute Gasteiger partial charge is 0.309 e. The molecule has 1 aliphatic rings. The molecule has 1 unspecified atom stereocenters. The maximum absolute atomic E-state index is 3.74. The molecular weight excluding hydrogens is 240 g/mol. The summed E-state index contributed by atoms with van der Waals surface area (Å²) in [6.45, 7) is 3.25. The first kappa shape index (κ1) is 14.0. The monoisotopic (exact) mass is 266 g/mol. The SMILES string of the molecule is CCNC(c1ccsc1)C1(N(C)C)CCCCC1. The van der Waals surface area contributed by atoms with Gasteiger partial charge >= 0.3 is 0 Å². The van der Waals surface area contributed by atoms with E-state index in [4.69, 9.17) is 0 Å². The Balaban J connectivity index is 2.30. The first-order valence-corrected chi connectivity index (χ1v) is 8.08. The smallest absolute Gasteiger partial charge is 0.0515 e. The van der Waals surface area contributed by atoms with Crippen LogP contribution in [0.3, 0.4) is 0 Å². The molecule has 1 N–H and O–H groups in total. The van der Waals surface area contributed by atoms with Crippen LogP contribution in [-0.4, -0.2) is 31.1 Å². The summed E-state index contributed by atoms with van der Waals surface area (Å²) in [5, 5.41) is 8.25. The van der Waals surface area contributed by atoms with E-state index >= 15 is 0 Å². The third-order valence-electron chi connectivity index (χ3n) is 4.43. The molecule has 0 aromatic carbocycles. The van der Waals surface area contributed by atoms with Crippen LogP contribution in [0.5, 0.6) is 0 Å². The van der Waals surface area contributed by atoms with Crippen molar-refractivity contribution >= 4 is 11.3 Å². The van der Waals surface area contributed by atoms with Gasteiger partial charge < -0.3 is 10.2 Å². The lowest BCUT2D eigenvalue weighted by molar-refractivity contribution is 0.0572. The first-order chi connectivity index (χ1) is 8.70. The van der Waals surface area contributed by atoms with Crippen molar-refractivity contribution in [2.24, 2.45) is 0 Å². The van der Waals surface area contributed by atoms with Crippen molar-refractivity contribution in [3.05, 3.63) is 22.4 Å². The van der Waals surface area contributed by atoms with Gasteiger partial charge in [-0.25, -0.2) is 0 Å². The van der Waals surface area contributed by atoms with Crippen molar-refractivity contribution in [3.63, 3.8) is 0 Å². The lowest BCUT2D eigenvalue weighted by Gasteiger charge is -2.48. The standard InChI is InChI=1S/C15H26N2S/c1-4-16-14(13-8-11-18-12-13)15(17(2)3)9-6-5-7-10-15/h8,11-12,14,16H,4-7,9-10H2,1-3H3. The highest BCUT2D eigenvalue weighted by Crippen LogP contribution is 2.42. The zero-order valence-corrected chi connectivity index (χ0v) is 12.7. The van der Waals surface area contributed by atoms with Gasteiger partial charge in [0.25, 0.3) is 0 Å². The summed E-state index contributed by atoms with van der Waals surface area (Å²) in [4.78, 5) is 2.47. The zero-order chi connectivity index (χ0) is 13.0. The van der Waals surface area contributed by atoms with Gasteiger partial charge in [-0.1, -0.05) is 26.2 Å². The molecule has 2 rings (SSSR count). The Bertz CT molecular complexity index is 339. The van der Waals surface area contributed by atoms with Crippen LogP contribution in [0, 0.1) is 0 Å². The Morgan fingerprint density at radius 2 is 2.06 bits per heavy atom. The lowest BCUT2D eigenvalue weighted by Crippen LogP contribution is -2.54. The third-order valence-corrected chi connectivity index (χ3v) is 5.13. The second-order valence-electron chi connectivity index (χ2n) is 5.61. The third kappa shape index (κ3) is 2.63. The highest BCUT2D eigenvalue weighted by Gasteiger charge is 2.42. The fraction of sp³-hybridized carbons (Fsp3) is 0.733. The summed E-state index contributed by atoms with van der Waals surface area (Å²) in [6, 6.07) is 2.77. The van der Waals surface area contributed by atoms with E-state index < -0.39 is 0 Å². The highest BCUT2D eigenvalue weighted by molar-refractivity contribution is 7.07. The van der Waals surface area contributed by atoms with Gasteiger partial charge in [-0.05, 0) is 55.9 Å². The Morgan fingerprint density at radius 1 is 1.33 bits per heavy atom. The Hall–Kier alpha value is -0.380. The van der Waals surface area contributed by atoms with E-state index in [1.54, 1.807) is 0 Å². The zero-order valence-electron chi connectivity index (χ0n) is 11.9. The minimum atomic E-state index is 0.301. The van der Waals surface area contributed by atoms with Crippen LogP contribution < -0.4 is 5.32 Å². The second-order valence-corrected chi connectivity index (χ2v) is 6.39. The minimum Gasteiger partial charge on any atom is -0.309 e. The lowest BCUT2D eigenvalue weighted by atomic mass is 9.73. The van der Waals surface area contributed by atoms with Crippen LogP contribution in [0.25, 0.3) is 0 Å². The van der Waals surface area contributed by atoms with Crippen molar-refractivity contribution in [2.75, 3.05) is 20.6 Å². The number of likely N-dealkylation sites (N-methyl/N-ethyl adjacent to an activating group) is 2. The molecule has 1 aromatic rings. The van der Waals surface area contributed by atoms with Crippen LogP contribution in [0.1, 0.15) is 50.6 Å². The van der Waals surface area contributed by atoms with E-state index in [0.717, 1.165) is 6.54 Å². The Kier molecular flexibility index (Phi) is 4.82. The molecule has 2 nitrogen and oxygen atoms in total. The summed E-state index contributed by atoms with van der Waals surface area (Å²) in [6.07, 6.45) is 6.76. The maximum Gasteiger partial charge on any atom is 0.0515 e. The molecule has 0 amide bonds. The van der Waals surface area contributed by atoms with E-state index in [1.165, 1.54) is 37.7 Å². The van der Waals surface area contributed by atoms with Crippen LogP contribution in [0.4, 0.5) is 0 Å². The Morgan fingerprint density at radius 3 is 2.56 bits per heavy atom. The summed E-state index contributed by atoms with van der Waals surface area (Å²) in [5.74, 6) is 0. The summed E-state index contributed by atoms with van der Waals surface area (Å²) < 4.78 is 0. The quantitative estimate of drug-likeness (QED) is 0.875. The number of nitrogens with one attached hydrogen (secondary N) is 1. The van der Waals surface area contributed by atoms with E-state index in [0.29, 0.717) is 11.6 Å². The molecule has 18 heavy (non-hydrogen) atoms. The van der Waals surface area contributed by atoms with Gasteiger partial charge in [0.15, 0.2) is 0 Å². The van der Waals surface area contributed by atoms with Crippen LogP contribution in [-0.2, 0) is 0 Å². The molecular formula is C15H26N2S. The molecule has 1 heterocycles. The van der Waals surface area contributed by atoms with E-state index in [1.807, 2.05) is 11.3 Å². The van der Waals surface area contributed by atoms with Crippen molar-refractivity contribution in [3.8, 4) is 0 Å². The van der Waals surface area contributed by atoms with Gasteiger partial charge in [0, 0.05) is 5.54 Å². The molecule has 1 fully saturated rings. The molecule has 0 radical (unpaired) electrons. The number of hydrogen-bond acceptors (Lipinski definition) is 3. The number of thiophene rings is 1. The fourth-order valence-electron chi connectivity index (χ4n) is 3.42. The first-order valence-electron chi connectivity index (χ1n) is 7.13. The van der Waals surface area contributed by atoms with Crippen molar-refractivity contribution < 1.29 is 0 Å². The normalized spacial score (nSPS) is 21.1. The van der Waals surface area contributed by atoms with Crippen LogP contribution in [0.15, 0.2) is 16.8 Å². The van der Waals surface area contributed by atoms with Crippen LogP contribution >= 0.6 is 11.3 Å². The molecule has 0 bridgehead atoms. The molecule has 1 atom stereocenters. The van der Waals surface area contributed by atoms with E-state index in [9.17, 15) is 0 Å². The molecule has 0 spiro atoms. The van der Waals surface area contributed by atoms with Gasteiger partial charge in [-0.2, -0.15) is 11.3 Å². The summed E-state index contributed by atoms with van der Waals surface area (Å²) >= 11 is 1.81. The van der Waals surface area contributed by atoms with Crippen molar-refractivity contribution in [1.29, 1.82) is 0 Å². The molecule has 0 saturated heterocycles. The van der Waals surface area contributed by atoms with Crippen molar-refractivity contribution in [2.45, 2.75) is 50.6 Å². The van der Waals surface area contributed by atoms with E-state index in [2.05, 4.69) is 48.1 Å². The number of nitrogens with zero attached hydrogens (tertiary/aromatic N) is 1. The van der Waals surface area contributed by atoms with Crippen LogP contribution in [0.2, 0.25) is 0 Å². The van der Waals surface area contributed by atoms with Gasteiger partial charge in [-0.3, -0.25) is 0 Å². The molecule has 102 valence electrons. The maximum atomic E-state index is 3.74. The van der Waals surface area contributed by atoms with Crippen molar-refractivity contribution in [1.82, 2.24) is 10.2 Å². The fourth-order valence-corrected chi connectivity index (χ4v) is 4.11. The topological polar surface area (TPSA) is 15.3 Å². The number of rotatable bonds is 5. The molecule has 3 heteroatoms. The molecule has 0 aliphatic heterocycles. The minimum absolute atomic E-state index is 0.301. The van der Waals surface area contributed by atoms with Gasteiger partial charge in [0.05, 0.1) is 6.04 Å². The van der Waals surface area contributed by atoms with Gasteiger partial charge in [0.2, 0.25) is 0 Å². The Labute approximate surface area is 115 Å². The predicted molar refractivity (Wildman–Crippen MR) is 80.2 cm³/mol. The summed E-state index contributed by atoms with van der Waals surface area (Å²) in [5.41, 5.74) is 1.77. The average molecular weight is 266 g/mol. The highest BCUT2D eigenvalue weighted by atomic mass is 32.1. The second kappa shape index (κ2) is 6.18. The molecule has 1 aromatic heterocycles. The van der Waals surface area contributed by atoms with E-state index in [-0.39, 0.29) is 0 Å².